The zero-order chi connectivity index (χ0) is 22.1. The summed E-state index contributed by atoms with van der Waals surface area (Å²) in [5, 5.41) is 33.6. The Kier molecular flexibility index (Phi) is 14.1. The number of rotatable bonds is 7. The molecule has 1 saturated heterocycles. The van der Waals surface area contributed by atoms with Crippen LogP contribution in [0.2, 0.25) is 0 Å². The Hall–Kier alpha value is -3.10. The number of hydrogen-bond donors (Lipinski definition) is 3. The number of carbonyl (C=O) groups excluding carboxylic acids is 2. The second-order valence-corrected chi connectivity index (χ2v) is 8.89. The van der Waals surface area contributed by atoms with Crippen molar-refractivity contribution in [2.45, 2.75) is 22.7 Å². The predicted molar refractivity (Wildman–Crippen MR) is 129 cm³/mol. The Morgan fingerprint density at radius 1 is 1.19 bits per heavy atom. The van der Waals surface area contributed by atoms with Gasteiger partial charge in [-0.05, 0) is 21.6 Å². The van der Waals surface area contributed by atoms with Crippen LogP contribution in [0.3, 0.4) is 0 Å². The van der Waals surface area contributed by atoms with Crippen molar-refractivity contribution in [2.75, 3.05) is 11.5 Å². The fraction of sp³-hybridized carbons (Fsp3) is 0.333. The van der Waals surface area contributed by atoms with Gasteiger partial charge in [-0.2, -0.15) is 0 Å². The number of carboxylic acids is 1. The van der Waals surface area contributed by atoms with Crippen LogP contribution in [0.4, 0.5) is 0 Å². The lowest BCUT2D eigenvalue weighted by Gasteiger charge is -2.49. The van der Waals surface area contributed by atoms with E-state index >= 15 is 0 Å². The maximum absolute atomic E-state index is 12.7. The molecule has 0 bridgehead atoms. The van der Waals surface area contributed by atoms with Crippen LogP contribution in [-0.4, -0.2) is 103 Å². The first-order valence-electron chi connectivity index (χ1n) is 9.17. The van der Waals surface area contributed by atoms with Gasteiger partial charge in [0.1, 0.15) is 17.1 Å². The molecule has 2 aromatic rings. The zero-order valence-electron chi connectivity index (χ0n) is 18.7. The maximum Gasteiger partial charge on any atom is 0.352 e. The first-order valence-corrected chi connectivity index (χ1v) is 11.2. The molecule has 0 aliphatic carbocycles. The van der Waals surface area contributed by atoms with Crippen LogP contribution >= 0.6 is 23.5 Å². The van der Waals surface area contributed by atoms with Gasteiger partial charge in [-0.25, -0.2) is 9.48 Å². The van der Waals surface area contributed by atoms with E-state index in [2.05, 4.69) is 20.8 Å². The Bertz CT molecular complexity index is 1070. The number of aliphatic hydroxyl groups is 1. The lowest BCUT2D eigenvalue weighted by Crippen LogP contribution is -2.70. The molecule has 2 aliphatic rings. The number of aliphatic hydroxyl groups excluding tert-OH is 1. The maximum atomic E-state index is 12.7. The summed E-state index contributed by atoms with van der Waals surface area (Å²) in [5.41, 5.74) is 0.901. The standard InChI is InChI=1S/C18H18N6O5S2.5H2O/c1-23-18(20-21-22-23)31-8-10-7-30-16-11(15(27)24(16)12(10)17(28)29)19-14(26)13(25)9-5-3-2-4-6-9;;;;;/h2-6,11,13,16,25H,7-8H2,1H3,(H,19,26)(H,28,29);5*1H2/t11?,13?,16-;;;;;/m0...../s1. The van der Waals surface area contributed by atoms with Gasteiger partial charge in [0.15, 0.2) is 6.10 Å². The van der Waals surface area contributed by atoms with Crippen molar-refractivity contribution < 1.29 is 52.0 Å². The number of amides is 2. The summed E-state index contributed by atoms with van der Waals surface area (Å²) in [5.74, 6) is -1.75. The number of thioether (sulfide) groups is 2. The van der Waals surface area contributed by atoms with Gasteiger partial charge in [0.25, 0.3) is 11.8 Å². The number of aliphatic carboxylic acids is 1. The smallest absolute Gasteiger partial charge is 0.352 e. The predicted octanol–water partition coefficient (Wildman–Crippen LogP) is -4.35. The lowest BCUT2D eigenvalue weighted by atomic mass is 10.0. The van der Waals surface area contributed by atoms with Gasteiger partial charge in [-0.1, -0.05) is 42.1 Å². The molecule has 2 amide bonds. The third-order valence-corrected chi connectivity index (χ3v) is 7.30. The number of carbonyl (C=O) groups is 3. The normalized spacial score (nSPS) is 18.4. The number of aryl methyl sites for hydroxylation is 1. The molecule has 2 unspecified atom stereocenters. The number of benzene rings is 1. The van der Waals surface area contributed by atoms with E-state index in [4.69, 9.17) is 0 Å². The van der Waals surface area contributed by atoms with E-state index in [9.17, 15) is 24.6 Å². The molecule has 18 heteroatoms. The van der Waals surface area contributed by atoms with Crippen LogP contribution in [0, 0.1) is 0 Å². The van der Waals surface area contributed by atoms with E-state index in [-0.39, 0.29) is 33.1 Å². The molecule has 2 aliphatic heterocycles. The van der Waals surface area contributed by atoms with Crippen molar-refractivity contribution in [1.82, 2.24) is 30.4 Å². The second-order valence-electron chi connectivity index (χ2n) is 6.84. The molecule has 0 spiro atoms. The van der Waals surface area contributed by atoms with Crippen molar-refractivity contribution in [3.05, 3.63) is 47.2 Å². The minimum atomic E-state index is -1.42. The second kappa shape index (κ2) is 14.5. The fourth-order valence-electron chi connectivity index (χ4n) is 3.31. The zero-order valence-corrected chi connectivity index (χ0v) is 20.3. The highest BCUT2D eigenvalue weighted by atomic mass is 32.2. The van der Waals surface area contributed by atoms with Crippen LogP contribution < -0.4 is 5.32 Å². The highest BCUT2D eigenvalue weighted by molar-refractivity contribution is 8.01. The molecular weight excluding hydrogens is 524 g/mol. The molecule has 16 nitrogen and oxygen atoms in total. The number of tetrazole rings is 1. The summed E-state index contributed by atoms with van der Waals surface area (Å²) < 4.78 is 1.48. The molecule has 202 valence electrons. The molecule has 0 radical (unpaired) electrons. The molecule has 13 N–H and O–H groups in total. The molecule has 1 aromatic carbocycles. The van der Waals surface area contributed by atoms with Gasteiger partial charge in [-0.15, -0.1) is 16.9 Å². The first-order chi connectivity index (χ1) is 14.9. The summed E-state index contributed by atoms with van der Waals surface area (Å²) in [4.78, 5) is 38.2. The van der Waals surface area contributed by atoms with Crippen LogP contribution in [0.15, 0.2) is 46.8 Å². The number of β-lactam (4-membered cyclic amide) rings is 1. The number of nitrogens with zero attached hydrogens (tertiary/aromatic N) is 5. The summed E-state index contributed by atoms with van der Waals surface area (Å²) in [6, 6.07) is 7.46. The SMILES string of the molecule is Cn1nnnc1SCC1=C(C(=O)O)N2C(=O)C(NC(=O)C(O)c3ccccc3)[C@@H]2SC1.O.O.O.O.O. The Morgan fingerprint density at radius 2 is 1.83 bits per heavy atom. The average Bonchev–Trinajstić information content (AvgIpc) is 3.19. The highest BCUT2D eigenvalue weighted by Gasteiger charge is 2.54. The molecule has 1 aromatic heterocycles. The molecule has 0 saturated carbocycles. The van der Waals surface area contributed by atoms with E-state index < -0.39 is 35.3 Å². The molecule has 3 heterocycles. The summed E-state index contributed by atoms with van der Waals surface area (Å²) in [6.07, 6.45) is -1.42. The molecule has 1 fully saturated rings. The Labute approximate surface area is 212 Å². The van der Waals surface area contributed by atoms with Crippen LogP contribution in [0.1, 0.15) is 11.7 Å². The van der Waals surface area contributed by atoms with E-state index in [1.165, 1.54) is 33.1 Å². The average molecular weight is 553 g/mol. The van der Waals surface area contributed by atoms with Crippen LogP contribution in [0.5, 0.6) is 0 Å². The Balaban J connectivity index is 0. The monoisotopic (exact) mass is 552 g/mol. The van der Waals surface area contributed by atoms with Crippen molar-refractivity contribution in [1.29, 1.82) is 0 Å². The van der Waals surface area contributed by atoms with Crippen molar-refractivity contribution in [3.63, 3.8) is 0 Å². The highest BCUT2D eigenvalue weighted by Crippen LogP contribution is 2.41. The first kappa shape index (κ1) is 35.1. The van der Waals surface area contributed by atoms with Crippen LogP contribution in [-0.2, 0) is 21.4 Å². The summed E-state index contributed by atoms with van der Waals surface area (Å²) in [7, 11) is 1.68. The molecule has 3 atom stereocenters. The minimum Gasteiger partial charge on any atom is -0.477 e. The minimum absolute atomic E-state index is 0. The van der Waals surface area contributed by atoms with E-state index in [1.54, 1.807) is 37.4 Å². The topological polar surface area (TPSA) is 308 Å². The molecular formula is C18H28N6O10S2. The third kappa shape index (κ3) is 6.56. The Morgan fingerprint density at radius 3 is 2.39 bits per heavy atom. The van der Waals surface area contributed by atoms with E-state index in [0.717, 1.165) is 0 Å². The number of fused-ring (bicyclic) bond motifs is 1. The van der Waals surface area contributed by atoms with E-state index in [0.29, 0.717) is 27.8 Å². The van der Waals surface area contributed by atoms with Crippen molar-refractivity contribution in [2.24, 2.45) is 7.05 Å². The molecule has 4 rings (SSSR count). The van der Waals surface area contributed by atoms with Crippen molar-refractivity contribution in [3.8, 4) is 0 Å². The lowest BCUT2D eigenvalue weighted by molar-refractivity contribution is -0.151. The molecule has 36 heavy (non-hydrogen) atoms. The largest absolute Gasteiger partial charge is 0.477 e. The number of carboxylic acid groups (broad SMARTS) is 1. The van der Waals surface area contributed by atoms with E-state index in [1.807, 2.05) is 0 Å². The fourth-order valence-corrected chi connectivity index (χ4v) is 5.64. The van der Waals surface area contributed by atoms with Gasteiger partial charge in [0.2, 0.25) is 5.16 Å². The third-order valence-electron chi connectivity index (χ3n) is 4.87. The summed E-state index contributed by atoms with van der Waals surface area (Å²) in [6.45, 7) is 0. The number of aromatic nitrogens is 4. The van der Waals surface area contributed by atoms with Crippen molar-refractivity contribution >= 4 is 41.3 Å². The quantitative estimate of drug-likeness (QED) is 0.219. The van der Waals surface area contributed by atoms with Gasteiger partial charge >= 0.3 is 5.97 Å². The van der Waals surface area contributed by atoms with Gasteiger partial charge in [-0.3, -0.25) is 14.5 Å². The van der Waals surface area contributed by atoms with Crippen LogP contribution in [0.25, 0.3) is 0 Å². The van der Waals surface area contributed by atoms with Gasteiger partial charge < -0.3 is 42.9 Å². The number of nitrogens with one attached hydrogen (secondary N) is 1. The summed E-state index contributed by atoms with van der Waals surface area (Å²) >= 11 is 2.64. The van der Waals surface area contributed by atoms with Gasteiger partial charge in [0, 0.05) is 18.6 Å². The number of hydrogen-bond acceptors (Lipinski definition) is 9. The van der Waals surface area contributed by atoms with Gasteiger partial charge in [0.05, 0.1) is 0 Å².